The lowest BCUT2D eigenvalue weighted by Gasteiger charge is -2.25. The van der Waals surface area contributed by atoms with Crippen LogP contribution in [0.5, 0.6) is 5.75 Å². The number of aliphatic hydroxyl groups excluding tert-OH is 1. The zero-order chi connectivity index (χ0) is 23.8. The van der Waals surface area contributed by atoms with Crippen molar-refractivity contribution in [1.82, 2.24) is 0 Å². The number of nitrogens with two attached hydrogens (primary N) is 1. The average Bonchev–Trinajstić information content (AvgIpc) is 2.76. The van der Waals surface area contributed by atoms with Crippen molar-refractivity contribution in [3.63, 3.8) is 0 Å². The predicted molar refractivity (Wildman–Crippen MR) is 117 cm³/mol. The van der Waals surface area contributed by atoms with Crippen LogP contribution in [0.15, 0.2) is 36.4 Å². The van der Waals surface area contributed by atoms with Gasteiger partial charge in [0.2, 0.25) is 0 Å². The molecule has 0 aliphatic heterocycles. The van der Waals surface area contributed by atoms with E-state index in [1.165, 1.54) is 17.2 Å². The van der Waals surface area contributed by atoms with Crippen molar-refractivity contribution in [3.05, 3.63) is 64.2 Å². The molecule has 0 spiro atoms. The van der Waals surface area contributed by atoms with E-state index >= 15 is 0 Å². The predicted octanol–water partition coefficient (Wildman–Crippen LogP) is 5.18. The van der Waals surface area contributed by atoms with E-state index in [9.17, 15) is 22.8 Å². The fourth-order valence-electron chi connectivity index (χ4n) is 3.24. The van der Waals surface area contributed by atoms with Gasteiger partial charge in [-0.1, -0.05) is 24.3 Å². The lowest BCUT2D eigenvalue weighted by atomic mass is 9.93. The standard InChI is InChI=1S/C23H29F3NO4P/c1-16-5-6-18(12-17(16)2)4-3-11-30-21-8-7-19(13-20(21)23(24,25)26)9-10-22(27,14-28)15-31-32-29/h5-8,12-13,28H,3-4,9-11,14-15,27H2,1-2H3. The first-order valence-corrected chi connectivity index (χ1v) is 11.0. The fourth-order valence-corrected chi connectivity index (χ4v) is 3.55. The van der Waals surface area contributed by atoms with E-state index in [0.717, 1.165) is 11.6 Å². The first-order valence-electron chi connectivity index (χ1n) is 10.3. The molecule has 2 aromatic rings. The van der Waals surface area contributed by atoms with Crippen LogP contribution in [-0.2, 0) is 28.1 Å². The molecule has 0 aliphatic carbocycles. The number of ether oxygens (including phenoxy) is 1. The Morgan fingerprint density at radius 3 is 2.34 bits per heavy atom. The number of rotatable bonds is 12. The van der Waals surface area contributed by atoms with Crippen LogP contribution < -0.4 is 10.5 Å². The summed E-state index contributed by atoms with van der Waals surface area (Å²) < 4.78 is 61.4. The molecule has 9 heteroatoms. The smallest absolute Gasteiger partial charge is 0.419 e. The zero-order valence-corrected chi connectivity index (χ0v) is 19.1. The van der Waals surface area contributed by atoms with Crippen LogP contribution >= 0.6 is 8.69 Å². The molecule has 0 fully saturated rings. The summed E-state index contributed by atoms with van der Waals surface area (Å²) in [6, 6.07) is 10.0. The molecule has 0 saturated carbocycles. The van der Waals surface area contributed by atoms with Crippen molar-refractivity contribution in [2.45, 2.75) is 51.2 Å². The monoisotopic (exact) mass is 471 g/mol. The van der Waals surface area contributed by atoms with Gasteiger partial charge in [0.1, 0.15) is 5.75 Å². The van der Waals surface area contributed by atoms with E-state index in [-0.39, 0.29) is 31.8 Å². The number of alkyl halides is 3. The highest BCUT2D eigenvalue weighted by Gasteiger charge is 2.35. The van der Waals surface area contributed by atoms with Crippen LogP contribution in [0.4, 0.5) is 13.2 Å². The number of benzene rings is 2. The van der Waals surface area contributed by atoms with Crippen LogP contribution in [-0.4, -0.2) is 30.5 Å². The van der Waals surface area contributed by atoms with Crippen LogP contribution in [0.1, 0.15) is 40.7 Å². The summed E-state index contributed by atoms with van der Waals surface area (Å²) in [5, 5.41) is 9.44. The lowest BCUT2D eigenvalue weighted by molar-refractivity contribution is -0.139. The molecule has 3 N–H and O–H groups in total. The molecule has 0 radical (unpaired) electrons. The highest BCUT2D eigenvalue weighted by atomic mass is 31.1. The van der Waals surface area contributed by atoms with Crippen molar-refractivity contribution in [1.29, 1.82) is 0 Å². The van der Waals surface area contributed by atoms with E-state index in [2.05, 4.69) is 6.07 Å². The van der Waals surface area contributed by atoms with Gasteiger partial charge in [-0.05, 0) is 73.9 Å². The first-order chi connectivity index (χ1) is 15.1. The van der Waals surface area contributed by atoms with Crippen LogP contribution in [0.2, 0.25) is 0 Å². The molecule has 176 valence electrons. The van der Waals surface area contributed by atoms with Gasteiger partial charge in [-0.15, -0.1) is 0 Å². The molecule has 5 nitrogen and oxygen atoms in total. The Morgan fingerprint density at radius 2 is 1.72 bits per heavy atom. The Balaban J connectivity index is 2.01. The van der Waals surface area contributed by atoms with Crippen molar-refractivity contribution >= 4 is 8.69 Å². The molecule has 1 atom stereocenters. The molecule has 0 aromatic heterocycles. The number of aliphatic hydroxyl groups is 1. The van der Waals surface area contributed by atoms with Gasteiger partial charge in [0.25, 0.3) is 0 Å². The number of hydrogen-bond donors (Lipinski definition) is 2. The van der Waals surface area contributed by atoms with Gasteiger partial charge in [-0.3, -0.25) is 4.52 Å². The molecular formula is C23H29F3NO4P. The Labute approximate surface area is 188 Å². The van der Waals surface area contributed by atoms with Gasteiger partial charge in [-0.25, -0.2) is 4.57 Å². The van der Waals surface area contributed by atoms with E-state index < -0.39 is 32.6 Å². The van der Waals surface area contributed by atoms with Gasteiger partial charge in [0, 0.05) is 0 Å². The number of hydrogen-bond acceptors (Lipinski definition) is 5. The van der Waals surface area contributed by atoms with Crippen molar-refractivity contribution in [2.75, 3.05) is 19.8 Å². The molecule has 0 bridgehead atoms. The second-order valence-electron chi connectivity index (χ2n) is 8.07. The molecule has 1 unspecified atom stereocenters. The molecule has 32 heavy (non-hydrogen) atoms. The zero-order valence-electron chi connectivity index (χ0n) is 18.2. The van der Waals surface area contributed by atoms with E-state index in [1.54, 1.807) is 6.07 Å². The van der Waals surface area contributed by atoms with Gasteiger partial charge >= 0.3 is 14.9 Å². The lowest BCUT2D eigenvalue weighted by Crippen LogP contribution is -2.47. The summed E-state index contributed by atoms with van der Waals surface area (Å²) in [7, 11) is -0.574. The van der Waals surface area contributed by atoms with Crippen LogP contribution in [0.3, 0.4) is 0 Å². The quantitative estimate of drug-likeness (QED) is 0.329. The molecule has 0 saturated heterocycles. The highest BCUT2D eigenvalue weighted by Crippen LogP contribution is 2.37. The van der Waals surface area contributed by atoms with E-state index in [4.69, 9.17) is 15.0 Å². The molecule has 0 aliphatic rings. The third kappa shape index (κ3) is 7.85. The maximum Gasteiger partial charge on any atom is 0.419 e. The van der Waals surface area contributed by atoms with Gasteiger partial charge in [0.15, 0.2) is 0 Å². The normalized spacial score (nSPS) is 13.8. The molecular weight excluding hydrogens is 442 g/mol. The maximum atomic E-state index is 13.6. The van der Waals surface area contributed by atoms with Crippen molar-refractivity contribution in [2.24, 2.45) is 5.73 Å². The first kappa shape index (κ1) is 26.3. The SMILES string of the molecule is Cc1ccc(CCCOc2ccc(CCC(N)(CO)COP=O)cc2C(F)(F)F)cc1C. The third-order valence-electron chi connectivity index (χ3n) is 5.42. The van der Waals surface area contributed by atoms with Gasteiger partial charge in [-0.2, -0.15) is 13.2 Å². The topological polar surface area (TPSA) is 81.8 Å². The molecule has 2 rings (SSSR count). The Morgan fingerprint density at radius 1 is 1.03 bits per heavy atom. The molecule has 0 amide bonds. The molecule has 2 aromatic carbocycles. The van der Waals surface area contributed by atoms with Crippen LogP contribution in [0.25, 0.3) is 0 Å². The minimum atomic E-state index is -4.57. The summed E-state index contributed by atoms with van der Waals surface area (Å²) in [5.74, 6) is -0.212. The minimum Gasteiger partial charge on any atom is -0.493 e. The van der Waals surface area contributed by atoms with Gasteiger partial charge in [0.05, 0.1) is 30.9 Å². The fraction of sp³-hybridized carbons (Fsp3) is 0.478. The Hall–Kier alpha value is -1.99. The van der Waals surface area contributed by atoms with Gasteiger partial charge < -0.3 is 15.6 Å². The second-order valence-corrected chi connectivity index (χ2v) is 8.47. The van der Waals surface area contributed by atoms with Crippen LogP contribution in [0, 0.1) is 13.8 Å². The summed E-state index contributed by atoms with van der Waals surface area (Å²) in [5.41, 5.74) is 7.83. The maximum absolute atomic E-state index is 13.6. The average molecular weight is 471 g/mol. The number of aryl methyl sites for hydroxylation is 4. The number of halogens is 3. The Kier molecular flexibility index (Phi) is 9.64. The summed E-state index contributed by atoms with van der Waals surface area (Å²) in [6.07, 6.45) is -2.92. The minimum absolute atomic E-state index is 0.159. The molecule has 0 heterocycles. The largest absolute Gasteiger partial charge is 0.493 e. The summed E-state index contributed by atoms with van der Waals surface area (Å²) in [6.45, 7) is 3.59. The summed E-state index contributed by atoms with van der Waals surface area (Å²) in [4.78, 5) is 0. The van der Waals surface area contributed by atoms with Crippen molar-refractivity contribution < 1.29 is 32.1 Å². The van der Waals surface area contributed by atoms with Crippen molar-refractivity contribution in [3.8, 4) is 5.75 Å². The second kappa shape index (κ2) is 11.8. The third-order valence-corrected chi connectivity index (χ3v) is 5.65. The summed E-state index contributed by atoms with van der Waals surface area (Å²) >= 11 is 0. The van der Waals surface area contributed by atoms with E-state index in [0.29, 0.717) is 18.4 Å². The highest BCUT2D eigenvalue weighted by molar-refractivity contribution is 7.17. The van der Waals surface area contributed by atoms with E-state index in [1.807, 2.05) is 26.0 Å². The Bertz CT molecular complexity index is 907.